The monoisotopic (exact) mass is 195 g/mol. The summed E-state index contributed by atoms with van der Waals surface area (Å²) in [7, 11) is 1.61. The zero-order chi connectivity index (χ0) is 10.4. The Kier molecular flexibility index (Phi) is 4.43. The molecule has 0 saturated heterocycles. The Morgan fingerprint density at radius 1 is 1.36 bits per heavy atom. The lowest BCUT2D eigenvalue weighted by atomic mass is 10.1. The van der Waals surface area contributed by atoms with E-state index in [-0.39, 0.29) is 0 Å². The second-order valence-corrected chi connectivity index (χ2v) is 3.07. The quantitative estimate of drug-likeness (QED) is 0.729. The van der Waals surface area contributed by atoms with Crippen LogP contribution in [0.15, 0.2) is 18.2 Å². The number of hydrogen-bond acceptors (Lipinski definition) is 3. The van der Waals surface area contributed by atoms with Gasteiger partial charge in [-0.1, -0.05) is 17.7 Å². The van der Waals surface area contributed by atoms with Crippen LogP contribution in [-0.2, 0) is 11.4 Å². The second-order valence-electron chi connectivity index (χ2n) is 3.07. The van der Waals surface area contributed by atoms with Gasteiger partial charge in [-0.05, 0) is 19.9 Å². The molecule has 0 aliphatic carbocycles. The maximum atomic E-state index is 5.49. The third-order valence-electron chi connectivity index (χ3n) is 1.92. The lowest BCUT2D eigenvalue weighted by Gasteiger charge is -2.10. The summed E-state index contributed by atoms with van der Waals surface area (Å²) in [6.07, 6.45) is 0. The van der Waals surface area contributed by atoms with Gasteiger partial charge in [0, 0.05) is 12.1 Å². The van der Waals surface area contributed by atoms with Gasteiger partial charge >= 0.3 is 0 Å². The highest BCUT2D eigenvalue weighted by atomic mass is 16.6. The molecule has 1 N–H and O–H groups in total. The first-order valence-corrected chi connectivity index (χ1v) is 4.76. The van der Waals surface area contributed by atoms with E-state index >= 15 is 0 Å². The lowest BCUT2D eigenvalue weighted by Crippen LogP contribution is -2.12. The molecule has 0 saturated carbocycles. The topological polar surface area (TPSA) is 30.5 Å². The van der Waals surface area contributed by atoms with Gasteiger partial charge in [0.1, 0.15) is 5.75 Å². The molecule has 0 amide bonds. The van der Waals surface area contributed by atoms with E-state index in [0.29, 0.717) is 13.2 Å². The molecule has 1 aromatic rings. The van der Waals surface area contributed by atoms with Gasteiger partial charge in [0.15, 0.2) is 0 Å². The third kappa shape index (κ3) is 3.01. The maximum absolute atomic E-state index is 5.49. The van der Waals surface area contributed by atoms with Crippen molar-refractivity contribution < 1.29 is 9.57 Å². The van der Waals surface area contributed by atoms with Crippen LogP contribution in [0.1, 0.15) is 18.1 Å². The first-order chi connectivity index (χ1) is 6.77. The molecule has 0 unspecified atom stereocenters. The van der Waals surface area contributed by atoms with Crippen LogP contribution < -0.4 is 10.2 Å². The predicted octanol–water partition coefficient (Wildman–Crippen LogP) is 2.04. The van der Waals surface area contributed by atoms with Gasteiger partial charge in [0.25, 0.3) is 0 Å². The highest BCUT2D eigenvalue weighted by Gasteiger charge is 2.02. The van der Waals surface area contributed by atoms with Crippen molar-refractivity contribution in [1.29, 1.82) is 0 Å². The van der Waals surface area contributed by atoms with E-state index in [9.17, 15) is 0 Å². The normalized spacial score (nSPS) is 10.2. The molecule has 0 fully saturated rings. The van der Waals surface area contributed by atoms with Crippen molar-refractivity contribution in [2.75, 3.05) is 13.7 Å². The minimum atomic E-state index is 0.660. The van der Waals surface area contributed by atoms with Gasteiger partial charge in [0.2, 0.25) is 0 Å². The first-order valence-electron chi connectivity index (χ1n) is 4.76. The SMILES string of the molecule is CCOc1ccc(C)cc1CNOC. The van der Waals surface area contributed by atoms with Crippen molar-refractivity contribution in [3.8, 4) is 5.75 Å². The fourth-order valence-corrected chi connectivity index (χ4v) is 1.29. The van der Waals surface area contributed by atoms with Gasteiger partial charge in [-0.3, -0.25) is 0 Å². The standard InChI is InChI=1S/C11H17NO2/c1-4-14-11-6-5-9(2)7-10(11)8-12-13-3/h5-7,12H,4,8H2,1-3H3. The molecule has 0 heterocycles. The number of aryl methyl sites for hydroxylation is 1. The molecule has 0 aromatic heterocycles. The van der Waals surface area contributed by atoms with Crippen molar-refractivity contribution in [2.24, 2.45) is 0 Å². The molecule has 0 radical (unpaired) electrons. The van der Waals surface area contributed by atoms with E-state index in [2.05, 4.69) is 18.5 Å². The van der Waals surface area contributed by atoms with Gasteiger partial charge in [-0.15, -0.1) is 0 Å². The Bertz CT molecular complexity index is 287. The number of nitrogens with one attached hydrogen (secondary N) is 1. The van der Waals surface area contributed by atoms with Crippen LogP contribution in [0.4, 0.5) is 0 Å². The van der Waals surface area contributed by atoms with Crippen LogP contribution in [0.25, 0.3) is 0 Å². The third-order valence-corrected chi connectivity index (χ3v) is 1.92. The molecule has 78 valence electrons. The molecule has 0 atom stereocenters. The number of hydroxylamine groups is 1. The van der Waals surface area contributed by atoms with E-state index in [0.717, 1.165) is 11.3 Å². The molecule has 14 heavy (non-hydrogen) atoms. The minimum Gasteiger partial charge on any atom is -0.494 e. The van der Waals surface area contributed by atoms with Crippen LogP contribution in [0.2, 0.25) is 0 Å². The zero-order valence-electron chi connectivity index (χ0n) is 8.96. The number of ether oxygens (including phenoxy) is 1. The fraction of sp³-hybridized carbons (Fsp3) is 0.455. The minimum absolute atomic E-state index is 0.660. The molecule has 3 nitrogen and oxygen atoms in total. The van der Waals surface area contributed by atoms with Crippen LogP contribution >= 0.6 is 0 Å². The van der Waals surface area contributed by atoms with Crippen molar-refractivity contribution in [3.63, 3.8) is 0 Å². The molecule has 1 aromatic carbocycles. The van der Waals surface area contributed by atoms with Gasteiger partial charge in [-0.25, -0.2) is 0 Å². The summed E-state index contributed by atoms with van der Waals surface area (Å²) < 4.78 is 5.49. The number of benzene rings is 1. The Labute approximate surface area is 85.0 Å². The summed E-state index contributed by atoms with van der Waals surface area (Å²) in [4.78, 5) is 4.81. The van der Waals surface area contributed by atoms with Crippen LogP contribution in [0.3, 0.4) is 0 Å². The summed E-state index contributed by atoms with van der Waals surface area (Å²) in [6, 6.07) is 6.13. The molecule has 0 aliphatic rings. The maximum Gasteiger partial charge on any atom is 0.123 e. The van der Waals surface area contributed by atoms with Gasteiger partial charge < -0.3 is 9.57 Å². The largest absolute Gasteiger partial charge is 0.494 e. The van der Waals surface area contributed by atoms with E-state index in [4.69, 9.17) is 9.57 Å². The Balaban J connectivity index is 2.79. The summed E-state index contributed by atoms with van der Waals surface area (Å²) in [5.41, 5.74) is 5.15. The van der Waals surface area contributed by atoms with Crippen molar-refractivity contribution in [2.45, 2.75) is 20.4 Å². The Morgan fingerprint density at radius 2 is 2.14 bits per heavy atom. The average molecular weight is 195 g/mol. The molecule has 3 heteroatoms. The summed E-state index contributed by atoms with van der Waals surface area (Å²) in [6.45, 7) is 5.38. The second kappa shape index (κ2) is 5.62. The number of rotatable bonds is 5. The fourth-order valence-electron chi connectivity index (χ4n) is 1.29. The number of hydrogen-bond donors (Lipinski definition) is 1. The predicted molar refractivity (Wildman–Crippen MR) is 56.2 cm³/mol. The smallest absolute Gasteiger partial charge is 0.123 e. The lowest BCUT2D eigenvalue weighted by molar-refractivity contribution is 0.0859. The molecular formula is C11H17NO2. The van der Waals surface area contributed by atoms with E-state index in [1.807, 2.05) is 19.1 Å². The van der Waals surface area contributed by atoms with Crippen LogP contribution in [-0.4, -0.2) is 13.7 Å². The van der Waals surface area contributed by atoms with Gasteiger partial charge in [0.05, 0.1) is 13.7 Å². The van der Waals surface area contributed by atoms with Gasteiger partial charge in [-0.2, -0.15) is 5.48 Å². The van der Waals surface area contributed by atoms with E-state index < -0.39 is 0 Å². The Hall–Kier alpha value is -1.06. The summed E-state index contributed by atoms with van der Waals surface area (Å²) in [5.74, 6) is 0.919. The van der Waals surface area contributed by atoms with E-state index in [1.165, 1.54) is 5.56 Å². The highest BCUT2D eigenvalue weighted by molar-refractivity contribution is 5.36. The summed E-state index contributed by atoms with van der Waals surface area (Å²) in [5, 5.41) is 0. The molecule has 1 rings (SSSR count). The summed E-state index contributed by atoms with van der Waals surface area (Å²) >= 11 is 0. The zero-order valence-corrected chi connectivity index (χ0v) is 8.96. The van der Waals surface area contributed by atoms with Crippen molar-refractivity contribution >= 4 is 0 Å². The van der Waals surface area contributed by atoms with Crippen LogP contribution in [0, 0.1) is 6.92 Å². The molecule has 0 bridgehead atoms. The molecular weight excluding hydrogens is 178 g/mol. The average Bonchev–Trinajstić information content (AvgIpc) is 2.18. The van der Waals surface area contributed by atoms with Crippen molar-refractivity contribution in [1.82, 2.24) is 5.48 Å². The molecule has 0 spiro atoms. The Morgan fingerprint density at radius 3 is 2.79 bits per heavy atom. The van der Waals surface area contributed by atoms with Crippen LogP contribution in [0.5, 0.6) is 5.75 Å². The van der Waals surface area contributed by atoms with E-state index in [1.54, 1.807) is 7.11 Å². The van der Waals surface area contributed by atoms with Crippen molar-refractivity contribution in [3.05, 3.63) is 29.3 Å². The first kappa shape index (κ1) is 11.0. The molecule has 0 aliphatic heterocycles. The highest BCUT2D eigenvalue weighted by Crippen LogP contribution is 2.19.